The van der Waals surface area contributed by atoms with Crippen LogP contribution in [0.3, 0.4) is 0 Å². The number of hydrogen-bond acceptors (Lipinski definition) is 4. The Bertz CT molecular complexity index is 521. The Hall–Kier alpha value is -0.430. The Kier molecular flexibility index (Phi) is 6.64. The first-order chi connectivity index (χ1) is 9.28. The van der Waals surface area contributed by atoms with E-state index in [2.05, 4.69) is 26.1 Å². The van der Waals surface area contributed by atoms with Crippen molar-refractivity contribution in [3.63, 3.8) is 0 Å². The molecule has 116 valence electrons. The van der Waals surface area contributed by atoms with Crippen LogP contribution in [-0.4, -0.2) is 32.4 Å². The number of sulfonamides is 1. The summed E-state index contributed by atoms with van der Waals surface area (Å²) in [5.41, 5.74) is 0. The molecule has 0 saturated heterocycles. The molecule has 0 unspecified atom stereocenters. The largest absolute Gasteiger partial charge is 0.310 e. The van der Waals surface area contributed by atoms with E-state index in [-0.39, 0.29) is 0 Å². The van der Waals surface area contributed by atoms with Gasteiger partial charge < -0.3 is 5.32 Å². The van der Waals surface area contributed by atoms with Crippen LogP contribution in [-0.2, 0) is 16.6 Å². The Morgan fingerprint density at radius 1 is 1.40 bits per heavy atom. The van der Waals surface area contributed by atoms with Gasteiger partial charge in [0.05, 0.1) is 4.90 Å². The number of rotatable bonds is 8. The number of nitrogens with zero attached hydrogens (tertiary/aromatic N) is 1. The van der Waals surface area contributed by atoms with Gasteiger partial charge in [0.1, 0.15) is 0 Å². The van der Waals surface area contributed by atoms with Gasteiger partial charge in [0.25, 0.3) is 0 Å². The zero-order valence-corrected chi connectivity index (χ0v) is 14.7. The predicted octanol–water partition coefficient (Wildman–Crippen LogP) is 2.98. The zero-order valence-electron chi connectivity index (χ0n) is 13.1. The summed E-state index contributed by atoms with van der Waals surface area (Å²) in [6, 6.07) is 2.21. The molecule has 0 spiro atoms. The smallest absolute Gasteiger partial charge is 0.243 e. The van der Waals surface area contributed by atoms with Crippen LogP contribution >= 0.6 is 11.3 Å². The summed E-state index contributed by atoms with van der Waals surface area (Å²) >= 11 is 1.56. The van der Waals surface area contributed by atoms with Crippen LogP contribution in [0.15, 0.2) is 11.0 Å². The molecule has 0 aliphatic heterocycles. The van der Waals surface area contributed by atoms with E-state index in [1.54, 1.807) is 18.4 Å². The number of aryl methyl sites for hydroxylation is 1. The SMILES string of the molecule is CCCCN(C)S(=O)(=O)c1cc(CNC(C)C)sc1C. The highest BCUT2D eigenvalue weighted by molar-refractivity contribution is 7.89. The Labute approximate surface area is 127 Å². The molecule has 0 amide bonds. The Morgan fingerprint density at radius 2 is 2.05 bits per heavy atom. The highest BCUT2D eigenvalue weighted by atomic mass is 32.2. The van der Waals surface area contributed by atoms with Crippen molar-refractivity contribution in [2.75, 3.05) is 13.6 Å². The van der Waals surface area contributed by atoms with E-state index in [9.17, 15) is 8.42 Å². The summed E-state index contributed by atoms with van der Waals surface area (Å²) in [4.78, 5) is 2.40. The van der Waals surface area contributed by atoms with Gasteiger partial charge in [-0.05, 0) is 19.4 Å². The van der Waals surface area contributed by atoms with Crippen LogP contribution in [0.2, 0.25) is 0 Å². The first-order valence-electron chi connectivity index (χ1n) is 7.08. The summed E-state index contributed by atoms with van der Waals surface area (Å²) < 4.78 is 26.5. The fraction of sp³-hybridized carbons (Fsp3) is 0.714. The minimum atomic E-state index is -3.34. The van der Waals surface area contributed by atoms with Crippen molar-refractivity contribution in [2.24, 2.45) is 0 Å². The van der Waals surface area contributed by atoms with Crippen LogP contribution in [0.25, 0.3) is 0 Å². The molecule has 1 aromatic heterocycles. The molecule has 20 heavy (non-hydrogen) atoms. The minimum Gasteiger partial charge on any atom is -0.310 e. The second-order valence-electron chi connectivity index (χ2n) is 5.35. The molecule has 0 saturated carbocycles. The van der Waals surface area contributed by atoms with E-state index >= 15 is 0 Å². The van der Waals surface area contributed by atoms with Gasteiger partial charge in [0, 0.05) is 35.9 Å². The first-order valence-corrected chi connectivity index (χ1v) is 9.33. The van der Waals surface area contributed by atoms with Crippen molar-refractivity contribution in [1.29, 1.82) is 0 Å². The second kappa shape index (κ2) is 7.54. The van der Waals surface area contributed by atoms with Gasteiger partial charge in [-0.25, -0.2) is 12.7 Å². The van der Waals surface area contributed by atoms with Gasteiger partial charge in [-0.2, -0.15) is 0 Å². The third kappa shape index (κ3) is 4.55. The maximum atomic E-state index is 12.5. The molecule has 0 radical (unpaired) electrons. The molecule has 1 aromatic rings. The standard InChI is InChI=1S/C14H26N2O2S2/c1-6-7-8-16(5)20(17,18)14-9-13(19-12(14)4)10-15-11(2)3/h9,11,15H,6-8,10H2,1-5H3. The van der Waals surface area contributed by atoms with E-state index in [0.717, 1.165) is 29.1 Å². The van der Waals surface area contributed by atoms with Crippen molar-refractivity contribution in [3.8, 4) is 0 Å². The van der Waals surface area contributed by atoms with Crippen LogP contribution in [0.5, 0.6) is 0 Å². The fourth-order valence-electron chi connectivity index (χ4n) is 1.84. The molecule has 4 nitrogen and oxygen atoms in total. The molecule has 0 aliphatic rings. The molecule has 6 heteroatoms. The number of hydrogen-bond donors (Lipinski definition) is 1. The van der Waals surface area contributed by atoms with Crippen molar-refractivity contribution < 1.29 is 8.42 Å². The van der Waals surface area contributed by atoms with Gasteiger partial charge in [0.2, 0.25) is 10.0 Å². The van der Waals surface area contributed by atoms with E-state index < -0.39 is 10.0 Å². The van der Waals surface area contributed by atoms with Gasteiger partial charge >= 0.3 is 0 Å². The zero-order chi connectivity index (χ0) is 15.3. The van der Waals surface area contributed by atoms with Crippen LogP contribution in [0, 0.1) is 6.92 Å². The number of unbranched alkanes of at least 4 members (excludes halogenated alkanes) is 1. The Morgan fingerprint density at radius 3 is 2.60 bits per heavy atom. The first kappa shape index (κ1) is 17.6. The van der Waals surface area contributed by atoms with E-state index in [1.807, 2.05) is 13.0 Å². The lowest BCUT2D eigenvalue weighted by Gasteiger charge is -2.16. The Balaban J connectivity index is 2.89. The molecular formula is C14H26N2O2S2. The third-order valence-corrected chi connectivity index (χ3v) is 6.29. The monoisotopic (exact) mass is 318 g/mol. The van der Waals surface area contributed by atoms with Crippen LogP contribution in [0.4, 0.5) is 0 Å². The maximum absolute atomic E-state index is 12.5. The topological polar surface area (TPSA) is 49.4 Å². The average molecular weight is 319 g/mol. The molecule has 0 aromatic carbocycles. The highest BCUT2D eigenvalue weighted by Crippen LogP contribution is 2.28. The van der Waals surface area contributed by atoms with Crippen molar-refractivity contribution >= 4 is 21.4 Å². The van der Waals surface area contributed by atoms with Crippen LogP contribution in [0.1, 0.15) is 43.4 Å². The maximum Gasteiger partial charge on any atom is 0.243 e. The summed E-state index contributed by atoms with van der Waals surface area (Å²) in [5.74, 6) is 0. The normalized spacial score (nSPS) is 12.6. The summed E-state index contributed by atoms with van der Waals surface area (Å²) in [6.45, 7) is 9.40. The lowest BCUT2D eigenvalue weighted by molar-refractivity contribution is 0.459. The predicted molar refractivity (Wildman–Crippen MR) is 85.8 cm³/mol. The van der Waals surface area contributed by atoms with Crippen molar-refractivity contribution in [1.82, 2.24) is 9.62 Å². The van der Waals surface area contributed by atoms with Gasteiger partial charge in [-0.1, -0.05) is 27.2 Å². The molecule has 0 fully saturated rings. The number of thiophene rings is 1. The summed E-state index contributed by atoms with van der Waals surface area (Å²) in [7, 11) is -1.68. The van der Waals surface area contributed by atoms with Crippen molar-refractivity contribution in [3.05, 3.63) is 15.8 Å². The van der Waals surface area contributed by atoms with E-state index in [1.165, 1.54) is 4.31 Å². The van der Waals surface area contributed by atoms with E-state index in [4.69, 9.17) is 0 Å². The number of nitrogens with one attached hydrogen (secondary N) is 1. The lowest BCUT2D eigenvalue weighted by Crippen LogP contribution is -2.28. The third-order valence-electron chi connectivity index (χ3n) is 3.12. The van der Waals surface area contributed by atoms with Gasteiger partial charge in [-0.3, -0.25) is 0 Å². The molecule has 1 N–H and O–H groups in total. The van der Waals surface area contributed by atoms with E-state index in [0.29, 0.717) is 17.5 Å². The molecule has 0 atom stereocenters. The highest BCUT2D eigenvalue weighted by Gasteiger charge is 2.24. The molecule has 0 bridgehead atoms. The average Bonchev–Trinajstić information content (AvgIpc) is 2.75. The van der Waals surface area contributed by atoms with Gasteiger partial charge in [-0.15, -0.1) is 11.3 Å². The van der Waals surface area contributed by atoms with Crippen molar-refractivity contribution in [2.45, 2.75) is 58.0 Å². The minimum absolute atomic E-state index is 0.393. The quantitative estimate of drug-likeness (QED) is 0.801. The molecule has 1 rings (SSSR count). The van der Waals surface area contributed by atoms with Gasteiger partial charge in [0.15, 0.2) is 0 Å². The fourth-order valence-corrected chi connectivity index (χ4v) is 4.60. The summed E-state index contributed by atoms with van der Waals surface area (Å²) in [5, 5.41) is 3.32. The van der Waals surface area contributed by atoms with Crippen LogP contribution < -0.4 is 5.32 Å². The molecular weight excluding hydrogens is 292 g/mol. The molecule has 1 heterocycles. The summed E-state index contributed by atoms with van der Waals surface area (Å²) in [6.07, 6.45) is 1.88. The second-order valence-corrected chi connectivity index (χ2v) is 8.70. The lowest BCUT2D eigenvalue weighted by atomic mass is 10.3. The molecule has 0 aliphatic carbocycles.